The van der Waals surface area contributed by atoms with Crippen molar-refractivity contribution in [3.8, 4) is 0 Å². The number of hydrogen-bond acceptors (Lipinski definition) is 2. The van der Waals surface area contributed by atoms with E-state index in [1.54, 1.807) is 24.4 Å². The highest BCUT2D eigenvalue weighted by Gasteiger charge is 2.07. The number of benzene rings is 2. The van der Waals surface area contributed by atoms with Gasteiger partial charge in [0.1, 0.15) is 11.6 Å². The zero-order valence-electron chi connectivity index (χ0n) is 10.9. The predicted octanol–water partition coefficient (Wildman–Crippen LogP) is 4.78. The monoisotopic (exact) mass is 304 g/mol. The maximum absolute atomic E-state index is 13.6. The molecule has 21 heavy (non-hydrogen) atoms. The molecule has 0 saturated carbocycles. The normalized spacial score (nSPS) is 10.8. The Bertz CT molecular complexity index is 805. The lowest BCUT2D eigenvalue weighted by atomic mass is 10.1. The van der Waals surface area contributed by atoms with E-state index in [1.165, 1.54) is 6.07 Å². The Balaban J connectivity index is 1.92. The molecule has 3 aromatic rings. The highest BCUT2D eigenvalue weighted by molar-refractivity contribution is 6.35. The van der Waals surface area contributed by atoms with Gasteiger partial charge < -0.3 is 5.32 Å². The van der Waals surface area contributed by atoms with Gasteiger partial charge in [-0.25, -0.2) is 8.78 Å². The maximum Gasteiger partial charge on any atom is 0.128 e. The summed E-state index contributed by atoms with van der Waals surface area (Å²) >= 11 is 6.11. The minimum atomic E-state index is -0.465. The predicted molar refractivity (Wildman–Crippen MR) is 80.4 cm³/mol. The minimum Gasteiger partial charge on any atom is -0.379 e. The van der Waals surface area contributed by atoms with E-state index in [0.717, 1.165) is 23.2 Å². The molecular formula is C16H11ClF2N2. The first-order valence-corrected chi connectivity index (χ1v) is 6.74. The van der Waals surface area contributed by atoms with Crippen molar-refractivity contribution in [2.75, 3.05) is 5.32 Å². The van der Waals surface area contributed by atoms with Crippen LogP contribution in [0.4, 0.5) is 14.5 Å². The van der Waals surface area contributed by atoms with Crippen molar-refractivity contribution < 1.29 is 8.78 Å². The summed E-state index contributed by atoms with van der Waals surface area (Å²) in [6.07, 6.45) is 1.66. The van der Waals surface area contributed by atoms with Crippen molar-refractivity contribution in [3.05, 3.63) is 70.9 Å². The van der Waals surface area contributed by atoms with Crippen LogP contribution in [0.5, 0.6) is 0 Å². The highest BCUT2D eigenvalue weighted by atomic mass is 35.5. The van der Waals surface area contributed by atoms with Crippen LogP contribution < -0.4 is 5.32 Å². The van der Waals surface area contributed by atoms with E-state index in [0.29, 0.717) is 10.5 Å². The van der Waals surface area contributed by atoms with Gasteiger partial charge in [0.2, 0.25) is 0 Å². The Kier molecular flexibility index (Phi) is 3.71. The molecule has 0 bridgehead atoms. The van der Waals surface area contributed by atoms with Gasteiger partial charge in [0.25, 0.3) is 0 Å². The molecule has 0 unspecified atom stereocenters. The summed E-state index contributed by atoms with van der Waals surface area (Å²) in [7, 11) is 0. The van der Waals surface area contributed by atoms with Gasteiger partial charge in [0, 0.05) is 23.7 Å². The zero-order valence-corrected chi connectivity index (χ0v) is 11.7. The summed E-state index contributed by atoms with van der Waals surface area (Å²) in [4.78, 5) is 4.28. The number of aromatic nitrogens is 1. The van der Waals surface area contributed by atoms with Crippen LogP contribution in [-0.4, -0.2) is 4.98 Å². The van der Waals surface area contributed by atoms with Crippen molar-refractivity contribution in [2.24, 2.45) is 0 Å². The third-order valence-electron chi connectivity index (χ3n) is 3.19. The molecule has 0 amide bonds. The number of hydrogen-bond donors (Lipinski definition) is 1. The van der Waals surface area contributed by atoms with Crippen molar-refractivity contribution in [2.45, 2.75) is 6.54 Å². The number of halogens is 3. The summed E-state index contributed by atoms with van der Waals surface area (Å²) in [6.45, 7) is 0.164. The van der Waals surface area contributed by atoms with Gasteiger partial charge >= 0.3 is 0 Å². The van der Waals surface area contributed by atoms with E-state index >= 15 is 0 Å². The van der Waals surface area contributed by atoms with Crippen LogP contribution in [0.25, 0.3) is 10.9 Å². The van der Waals surface area contributed by atoms with E-state index in [1.807, 2.05) is 6.07 Å². The lowest BCUT2D eigenvalue weighted by Gasteiger charge is -2.10. The molecule has 1 heterocycles. The summed E-state index contributed by atoms with van der Waals surface area (Å²) in [5.41, 5.74) is 1.68. The van der Waals surface area contributed by atoms with Crippen LogP contribution in [0, 0.1) is 11.6 Å². The second-order valence-electron chi connectivity index (χ2n) is 4.58. The first-order valence-electron chi connectivity index (χ1n) is 6.36. The fraction of sp³-hybridized carbons (Fsp3) is 0.0625. The average Bonchev–Trinajstić information content (AvgIpc) is 2.50. The highest BCUT2D eigenvalue weighted by Crippen LogP contribution is 2.28. The average molecular weight is 305 g/mol. The third kappa shape index (κ3) is 2.81. The molecule has 0 aliphatic heterocycles. The molecule has 5 heteroatoms. The van der Waals surface area contributed by atoms with E-state index in [4.69, 9.17) is 11.6 Å². The molecule has 0 spiro atoms. The van der Waals surface area contributed by atoms with Crippen LogP contribution in [0.3, 0.4) is 0 Å². The second-order valence-corrected chi connectivity index (χ2v) is 4.99. The van der Waals surface area contributed by atoms with Gasteiger partial charge in [-0.05, 0) is 42.5 Å². The van der Waals surface area contributed by atoms with E-state index in [-0.39, 0.29) is 12.1 Å². The Morgan fingerprint density at radius 1 is 1.10 bits per heavy atom. The second kappa shape index (κ2) is 5.66. The molecule has 0 fully saturated rings. The number of rotatable bonds is 3. The largest absolute Gasteiger partial charge is 0.379 e. The van der Waals surface area contributed by atoms with Crippen molar-refractivity contribution >= 4 is 28.2 Å². The van der Waals surface area contributed by atoms with Crippen LogP contribution in [0.15, 0.2) is 48.7 Å². The van der Waals surface area contributed by atoms with Crippen LogP contribution in [0.2, 0.25) is 5.02 Å². The van der Waals surface area contributed by atoms with E-state index in [9.17, 15) is 8.78 Å². The lowest BCUT2D eigenvalue weighted by Crippen LogP contribution is -2.03. The van der Waals surface area contributed by atoms with Gasteiger partial charge in [-0.1, -0.05) is 11.6 Å². The Morgan fingerprint density at radius 2 is 1.95 bits per heavy atom. The molecule has 2 nitrogen and oxygen atoms in total. The van der Waals surface area contributed by atoms with Crippen LogP contribution >= 0.6 is 11.6 Å². The zero-order chi connectivity index (χ0) is 14.8. The van der Waals surface area contributed by atoms with Gasteiger partial charge in [-0.3, -0.25) is 4.98 Å². The Labute approximate surface area is 125 Å². The standard InChI is InChI=1S/C16H11ClF2N2/c17-13-4-6-15(16-12(13)2-1-7-20-16)21-9-10-8-11(18)3-5-14(10)19/h1-8,21H,9H2. The van der Waals surface area contributed by atoms with Gasteiger partial charge in [-0.2, -0.15) is 0 Å². The Hall–Kier alpha value is -2.20. The number of pyridine rings is 1. The van der Waals surface area contributed by atoms with Gasteiger partial charge in [0.05, 0.1) is 16.2 Å². The molecule has 3 rings (SSSR count). The van der Waals surface area contributed by atoms with E-state index in [2.05, 4.69) is 10.3 Å². The topological polar surface area (TPSA) is 24.9 Å². The molecular weight excluding hydrogens is 294 g/mol. The van der Waals surface area contributed by atoms with Gasteiger partial charge in [-0.15, -0.1) is 0 Å². The van der Waals surface area contributed by atoms with Crippen LogP contribution in [-0.2, 0) is 6.54 Å². The summed E-state index contributed by atoms with van der Waals surface area (Å²) in [5.74, 6) is -0.914. The maximum atomic E-state index is 13.6. The Morgan fingerprint density at radius 3 is 2.81 bits per heavy atom. The lowest BCUT2D eigenvalue weighted by molar-refractivity contribution is 0.587. The first-order chi connectivity index (χ1) is 10.1. The molecule has 0 aliphatic carbocycles. The smallest absolute Gasteiger partial charge is 0.128 e. The quantitative estimate of drug-likeness (QED) is 0.753. The van der Waals surface area contributed by atoms with Crippen molar-refractivity contribution in [1.29, 1.82) is 0 Å². The molecule has 0 atom stereocenters. The minimum absolute atomic E-state index is 0.164. The third-order valence-corrected chi connectivity index (χ3v) is 3.52. The fourth-order valence-corrected chi connectivity index (χ4v) is 2.37. The molecule has 0 saturated heterocycles. The SMILES string of the molecule is Fc1ccc(F)c(CNc2ccc(Cl)c3cccnc23)c1. The molecule has 0 radical (unpaired) electrons. The molecule has 1 aromatic heterocycles. The summed E-state index contributed by atoms with van der Waals surface area (Å²) in [5, 5.41) is 4.48. The number of nitrogens with zero attached hydrogens (tertiary/aromatic N) is 1. The van der Waals surface area contributed by atoms with Gasteiger partial charge in [0.15, 0.2) is 0 Å². The molecule has 0 aliphatic rings. The number of anilines is 1. The number of fused-ring (bicyclic) bond motifs is 1. The molecule has 2 aromatic carbocycles. The fourth-order valence-electron chi connectivity index (χ4n) is 2.15. The van der Waals surface area contributed by atoms with Crippen molar-refractivity contribution in [3.63, 3.8) is 0 Å². The van der Waals surface area contributed by atoms with Crippen LogP contribution in [0.1, 0.15) is 5.56 Å². The summed E-state index contributed by atoms with van der Waals surface area (Å²) in [6, 6.07) is 10.6. The summed E-state index contributed by atoms with van der Waals surface area (Å²) < 4.78 is 26.8. The van der Waals surface area contributed by atoms with E-state index < -0.39 is 11.6 Å². The number of nitrogens with one attached hydrogen (secondary N) is 1. The molecule has 106 valence electrons. The van der Waals surface area contributed by atoms with Crippen molar-refractivity contribution in [1.82, 2.24) is 4.98 Å². The molecule has 1 N–H and O–H groups in total. The first kappa shape index (κ1) is 13.8.